The summed E-state index contributed by atoms with van der Waals surface area (Å²) >= 11 is 0. The number of aryl methyl sites for hydroxylation is 2. The number of oxazole rings is 1. The fraction of sp³-hybridized carbons (Fsp3) is 0.583. The van der Waals surface area contributed by atoms with Crippen molar-refractivity contribution in [3.63, 3.8) is 0 Å². The van der Waals surface area contributed by atoms with Gasteiger partial charge in [-0.1, -0.05) is 30.3 Å². The Morgan fingerprint density at radius 3 is 2.52 bits per heavy atom. The van der Waals surface area contributed by atoms with Crippen LogP contribution in [0.1, 0.15) is 48.1 Å². The number of nitrogens with zero attached hydrogens (tertiary/aromatic N) is 4. The molecular weight excluding hydrogens is 501 g/mol. The molecule has 31 heavy (non-hydrogen) atoms. The lowest BCUT2D eigenvalue weighted by molar-refractivity contribution is 0.163. The van der Waals surface area contributed by atoms with Crippen LogP contribution in [-0.4, -0.2) is 60.5 Å². The minimum Gasteiger partial charge on any atom is -0.444 e. The molecule has 1 aromatic carbocycles. The summed E-state index contributed by atoms with van der Waals surface area (Å²) in [5.74, 6) is 4.14. The van der Waals surface area contributed by atoms with Gasteiger partial charge >= 0.3 is 0 Å². The van der Waals surface area contributed by atoms with Gasteiger partial charge in [0.2, 0.25) is 5.89 Å². The summed E-state index contributed by atoms with van der Waals surface area (Å²) in [6, 6.07) is 10.9. The molecule has 2 aliphatic rings. The lowest BCUT2D eigenvalue weighted by atomic mass is 9.97. The zero-order valence-corrected chi connectivity index (χ0v) is 21.3. The van der Waals surface area contributed by atoms with E-state index in [2.05, 4.69) is 55.4 Å². The van der Waals surface area contributed by atoms with Crippen LogP contribution >= 0.6 is 24.0 Å². The molecule has 7 heteroatoms. The highest BCUT2D eigenvalue weighted by Crippen LogP contribution is 2.27. The number of nitrogens with one attached hydrogen (secondary N) is 1. The van der Waals surface area contributed by atoms with E-state index in [1.54, 1.807) is 0 Å². The first-order chi connectivity index (χ1) is 14.6. The number of hydrogen-bond donors (Lipinski definition) is 1. The molecule has 0 bridgehead atoms. The molecule has 2 aliphatic heterocycles. The topological polar surface area (TPSA) is 56.9 Å². The van der Waals surface area contributed by atoms with Crippen LogP contribution in [-0.2, 0) is 6.54 Å². The summed E-state index contributed by atoms with van der Waals surface area (Å²) in [4.78, 5) is 14.0. The van der Waals surface area contributed by atoms with Gasteiger partial charge in [-0.3, -0.25) is 9.89 Å². The zero-order valence-electron chi connectivity index (χ0n) is 19.0. The fourth-order valence-electron chi connectivity index (χ4n) is 4.66. The minimum absolute atomic E-state index is 0. The third-order valence-electron chi connectivity index (χ3n) is 6.66. The first kappa shape index (κ1) is 24.0. The van der Waals surface area contributed by atoms with E-state index in [1.165, 1.54) is 24.8 Å². The second-order valence-electron chi connectivity index (χ2n) is 8.74. The van der Waals surface area contributed by atoms with E-state index in [0.717, 1.165) is 62.6 Å². The van der Waals surface area contributed by atoms with Crippen LogP contribution < -0.4 is 5.32 Å². The Kier molecular flexibility index (Phi) is 8.77. The Hall–Kier alpha value is -1.61. The maximum absolute atomic E-state index is 5.75. The van der Waals surface area contributed by atoms with E-state index in [0.29, 0.717) is 11.8 Å². The summed E-state index contributed by atoms with van der Waals surface area (Å²) in [6.07, 6.45) is 3.60. The third kappa shape index (κ3) is 6.22. The number of aromatic nitrogens is 1. The largest absolute Gasteiger partial charge is 0.444 e. The van der Waals surface area contributed by atoms with Crippen LogP contribution in [0.5, 0.6) is 0 Å². The van der Waals surface area contributed by atoms with Crippen molar-refractivity contribution in [3.8, 4) is 0 Å². The fourth-order valence-corrected chi connectivity index (χ4v) is 4.66. The average molecular weight is 537 g/mol. The standard InChI is InChI=1S/C24H35N5O.HI/c1-18-19(2)30-23(27-18)17-28-12-9-20(10-13-28)15-26-24(25-3)29-14-11-22(16-29)21-7-5-4-6-8-21;/h4-8,20,22H,9-17H2,1-3H3,(H,25,26);1H. The van der Waals surface area contributed by atoms with Gasteiger partial charge in [-0.05, 0) is 57.7 Å². The molecule has 1 N–H and O–H groups in total. The van der Waals surface area contributed by atoms with Gasteiger partial charge in [0.05, 0.1) is 12.2 Å². The van der Waals surface area contributed by atoms with Crippen LogP contribution in [0.15, 0.2) is 39.7 Å². The Morgan fingerprint density at radius 2 is 1.87 bits per heavy atom. The van der Waals surface area contributed by atoms with Gasteiger partial charge < -0.3 is 14.6 Å². The molecule has 2 fully saturated rings. The van der Waals surface area contributed by atoms with Crippen molar-refractivity contribution in [2.24, 2.45) is 10.9 Å². The van der Waals surface area contributed by atoms with E-state index < -0.39 is 0 Å². The predicted octanol–water partition coefficient (Wildman–Crippen LogP) is 4.19. The molecular formula is C24H36IN5O. The number of guanidine groups is 1. The number of rotatable bonds is 5. The molecule has 1 unspecified atom stereocenters. The van der Waals surface area contributed by atoms with Crippen LogP contribution in [0.25, 0.3) is 0 Å². The molecule has 170 valence electrons. The van der Waals surface area contributed by atoms with Crippen molar-refractivity contribution in [1.29, 1.82) is 0 Å². The van der Waals surface area contributed by atoms with Crippen molar-refractivity contribution in [1.82, 2.24) is 20.1 Å². The highest BCUT2D eigenvalue weighted by molar-refractivity contribution is 14.0. The molecule has 0 radical (unpaired) electrons. The number of likely N-dealkylation sites (tertiary alicyclic amines) is 2. The maximum atomic E-state index is 5.75. The molecule has 0 spiro atoms. The molecule has 0 amide bonds. The SMILES string of the molecule is CN=C(NCC1CCN(Cc2nc(C)c(C)o2)CC1)N1CCC(c2ccccc2)C1.I. The zero-order chi connectivity index (χ0) is 20.9. The van der Waals surface area contributed by atoms with Crippen molar-refractivity contribution >= 4 is 29.9 Å². The summed E-state index contributed by atoms with van der Waals surface area (Å²) in [5, 5.41) is 3.65. The molecule has 0 saturated carbocycles. The highest BCUT2D eigenvalue weighted by atomic mass is 127. The van der Waals surface area contributed by atoms with Gasteiger partial charge in [-0.15, -0.1) is 24.0 Å². The van der Waals surface area contributed by atoms with Gasteiger partial charge in [0.1, 0.15) is 5.76 Å². The van der Waals surface area contributed by atoms with Crippen LogP contribution in [0.3, 0.4) is 0 Å². The second-order valence-corrected chi connectivity index (χ2v) is 8.74. The van der Waals surface area contributed by atoms with E-state index in [-0.39, 0.29) is 24.0 Å². The minimum atomic E-state index is 0. The summed E-state index contributed by atoms with van der Waals surface area (Å²) in [7, 11) is 1.90. The quantitative estimate of drug-likeness (QED) is 0.352. The molecule has 6 nitrogen and oxygen atoms in total. The molecule has 1 aromatic heterocycles. The molecule has 1 atom stereocenters. The Labute approximate surface area is 203 Å². The third-order valence-corrected chi connectivity index (χ3v) is 6.66. The predicted molar refractivity (Wildman–Crippen MR) is 136 cm³/mol. The van der Waals surface area contributed by atoms with Crippen molar-refractivity contribution < 1.29 is 4.42 Å². The Balaban J connectivity index is 0.00000272. The van der Waals surface area contributed by atoms with Gasteiger partial charge in [0.15, 0.2) is 5.96 Å². The molecule has 3 heterocycles. The van der Waals surface area contributed by atoms with Crippen LogP contribution in [0, 0.1) is 19.8 Å². The number of halogens is 1. The average Bonchev–Trinajstić information content (AvgIpc) is 3.37. The van der Waals surface area contributed by atoms with Gasteiger partial charge in [0, 0.05) is 32.6 Å². The van der Waals surface area contributed by atoms with E-state index in [4.69, 9.17) is 4.42 Å². The second kappa shape index (κ2) is 11.3. The lowest BCUT2D eigenvalue weighted by Gasteiger charge is -2.32. The first-order valence-corrected chi connectivity index (χ1v) is 11.3. The number of aliphatic imine (C=N–C) groups is 1. The van der Waals surface area contributed by atoms with Gasteiger partial charge in [-0.25, -0.2) is 4.98 Å². The monoisotopic (exact) mass is 537 g/mol. The first-order valence-electron chi connectivity index (χ1n) is 11.3. The van der Waals surface area contributed by atoms with Crippen LogP contribution in [0.2, 0.25) is 0 Å². The Bertz CT molecular complexity index is 825. The van der Waals surface area contributed by atoms with Crippen molar-refractivity contribution in [2.75, 3.05) is 39.8 Å². The summed E-state index contributed by atoms with van der Waals surface area (Å²) in [5.41, 5.74) is 2.45. The van der Waals surface area contributed by atoms with Gasteiger partial charge in [-0.2, -0.15) is 0 Å². The number of benzene rings is 1. The smallest absolute Gasteiger partial charge is 0.208 e. The van der Waals surface area contributed by atoms with Crippen molar-refractivity contribution in [3.05, 3.63) is 53.2 Å². The highest BCUT2D eigenvalue weighted by Gasteiger charge is 2.27. The number of hydrogen-bond acceptors (Lipinski definition) is 4. The van der Waals surface area contributed by atoms with Gasteiger partial charge in [0.25, 0.3) is 0 Å². The molecule has 0 aliphatic carbocycles. The number of piperidine rings is 1. The van der Waals surface area contributed by atoms with Crippen LogP contribution in [0.4, 0.5) is 0 Å². The Morgan fingerprint density at radius 1 is 1.13 bits per heavy atom. The maximum Gasteiger partial charge on any atom is 0.208 e. The molecule has 4 rings (SSSR count). The van der Waals surface area contributed by atoms with E-state index in [9.17, 15) is 0 Å². The van der Waals surface area contributed by atoms with Crippen molar-refractivity contribution in [2.45, 2.75) is 45.6 Å². The summed E-state index contributed by atoms with van der Waals surface area (Å²) < 4.78 is 5.75. The molecule has 2 aromatic rings. The summed E-state index contributed by atoms with van der Waals surface area (Å²) in [6.45, 7) is 10.2. The van der Waals surface area contributed by atoms with E-state index >= 15 is 0 Å². The lowest BCUT2D eigenvalue weighted by Crippen LogP contribution is -2.44. The molecule has 2 saturated heterocycles. The normalized spacial score (nSPS) is 20.7. The van der Waals surface area contributed by atoms with E-state index in [1.807, 2.05) is 20.9 Å².